The van der Waals surface area contributed by atoms with Crippen molar-refractivity contribution in [1.82, 2.24) is 4.98 Å². The standard InChI is InChI=1S/C13H9Cl3N2O2/c14-9-7-5-8(18-6-1-3-17-4-2-6)20-13(7)11(16)10(15)12(9)19/h1-4,8,19H,5H2,(H,17,18). The average Bonchev–Trinajstić information content (AvgIpc) is 2.88. The van der Waals surface area contributed by atoms with Gasteiger partial charge in [-0.25, -0.2) is 0 Å². The molecule has 1 aromatic heterocycles. The minimum absolute atomic E-state index is 0.0000206. The van der Waals surface area contributed by atoms with E-state index in [9.17, 15) is 5.11 Å². The van der Waals surface area contributed by atoms with E-state index in [4.69, 9.17) is 39.5 Å². The van der Waals surface area contributed by atoms with E-state index in [0.717, 1.165) is 5.69 Å². The van der Waals surface area contributed by atoms with Crippen LogP contribution in [0.2, 0.25) is 15.1 Å². The third-order valence-corrected chi connectivity index (χ3v) is 4.24. The minimum atomic E-state index is -0.333. The summed E-state index contributed by atoms with van der Waals surface area (Å²) in [5.41, 5.74) is 1.51. The number of nitrogens with one attached hydrogen (secondary N) is 1. The molecule has 0 saturated heterocycles. The topological polar surface area (TPSA) is 54.4 Å². The molecule has 2 N–H and O–H groups in total. The highest BCUT2D eigenvalue weighted by Gasteiger charge is 2.31. The molecule has 0 amide bonds. The van der Waals surface area contributed by atoms with Gasteiger partial charge in [0.25, 0.3) is 0 Å². The number of anilines is 1. The molecule has 104 valence electrons. The second-order valence-corrected chi connectivity index (χ2v) is 5.42. The molecule has 0 spiro atoms. The largest absolute Gasteiger partial charge is 0.505 e. The number of rotatable bonds is 2. The van der Waals surface area contributed by atoms with Crippen molar-refractivity contribution in [1.29, 1.82) is 0 Å². The number of phenolic OH excluding ortho intramolecular Hbond substituents is 1. The lowest BCUT2D eigenvalue weighted by molar-refractivity contribution is 0.263. The number of pyridine rings is 1. The zero-order chi connectivity index (χ0) is 14.3. The van der Waals surface area contributed by atoms with E-state index in [1.54, 1.807) is 12.4 Å². The maximum atomic E-state index is 9.79. The van der Waals surface area contributed by atoms with Gasteiger partial charge in [0.1, 0.15) is 15.8 Å². The Morgan fingerprint density at radius 1 is 1.15 bits per heavy atom. The second-order valence-electron chi connectivity index (χ2n) is 4.29. The van der Waals surface area contributed by atoms with Crippen LogP contribution in [0.4, 0.5) is 5.69 Å². The van der Waals surface area contributed by atoms with Crippen molar-refractivity contribution in [3.8, 4) is 11.5 Å². The number of halogens is 3. The van der Waals surface area contributed by atoms with E-state index < -0.39 is 0 Å². The van der Waals surface area contributed by atoms with Crippen LogP contribution in [0.25, 0.3) is 0 Å². The summed E-state index contributed by atoms with van der Waals surface area (Å²) in [5.74, 6) is 0.191. The van der Waals surface area contributed by atoms with Gasteiger partial charge in [0.2, 0.25) is 0 Å². The van der Waals surface area contributed by atoms with Gasteiger partial charge < -0.3 is 15.2 Å². The maximum absolute atomic E-state index is 9.79. The molecule has 0 aliphatic carbocycles. The molecule has 3 rings (SSSR count). The quantitative estimate of drug-likeness (QED) is 0.813. The van der Waals surface area contributed by atoms with Crippen LogP contribution >= 0.6 is 34.8 Å². The summed E-state index contributed by atoms with van der Waals surface area (Å²) in [6, 6.07) is 3.64. The van der Waals surface area contributed by atoms with E-state index >= 15 is 0 Å². The molecule has 2 heterocycles. The fourth-order valence-corrected chi connectivity index (χ4v) is 2.80. The van der Waals surface area contributed by atoms with Gasteiger partial charge in [-0.2, -0.15) is 0 Å². The first-order valence-electron chi connectivity index (χ1n) is 5.79. The molecule has 2 aromatic rings. The first-order chi connectivity index (χ1) is 9.58. The zero-order valence-electron chi connectivity index (χ0n) is 10.0. The summed E-state index contributed by atoms with van der Waals surface area (Å²) in [5, 5.41) is 13.3. The van der Waals surface area contributed by atoms with Crippen molar-refractivity contribution in [2.24, 2.45) is 0 Å². The monoisotopic (exact) mass is 330 g/mol. The molecular formula is C13H9Cl3N2O2. The van der Waals surface area contributed by atoms with E-state index in [1.165, 1.54) is 0 Å². The Morgan fingerprint density at radius 3 is 2.55 bits per heavy atom. The fourth-order valence-electron chi connectivity index (χ4n) is 2.06. The second kappa shape index (κ2) is 5.20. The van der Waals surface area contributed by atoms with Crippen LogP contribution in [0.3, 0.4) is 0 Å². The zero-order valence-corrected chi connectivity index (χ0v) is 12.3. The van der Waals surface area contributed by atoms with Crippen molar-refractivity contribution in [2.45, 2.75) is 12.6 Å². The Kier molecular flexibility index (Phi) is 3.54. The molecule has 7 heteroatoms. The lowest BCUT2D eigenvalue weighted by Gasteiger charge is -2.14. The van der Waals surface area contributed by atoms with Crippen molar-refractivity contribution in [2.75, 3.05) is 5.32 Å². The normalized spacial score (nSPS) is 16.6. The number of nitrogens with zero attached hydrogens (tertiary/aromatic N) is 1. The summed E-state index contributed by atoms with van der Waals surface area (Å²) < 4.78 is 5.71. The Hall–Kier alpha value is -1.36. The van der Waals surface area contributed by atoms with E-state index in [1.807, 2.05) is 12.1 Å². The van der Waals surface area contributed by atoms with E-state index in [2.05, 4.69) is 10.3 Å². The van der Waals surface area contributed by atoms with Gasteiger partial charge in [-0.1, -0.05) is 34.8 Å². The SMILES string of the molecule is Oc1c(Cl)c(Cl)c2c(c1Cl)CC(Nc1ccncc1)O2. The van der Waals surface area contributed by atoms with Gasteiger partial charge in [-0.15, -0.1) is 0 Å². The number of phenols is 1. The van der Waals surface area contributed by atoms with Crippen LogP contribution < -0.4 is 10.1 Å². The smallest absolute Gasteiger partial charge is 0.174 e. The van der Waals surface area contributed by atoms with Gasteiger partial charge >= 0.3 is 0 Å². The molecule has 1 unspecified atom stereocenters. The Labute approximate surface area is 130 Å². The number of benzene rings is 1. The van der Waals surface area contributed by atoms with Crippen LogP contribution in [-0.4, -0.2) is 16.3 Å². The van der Waals surface area contributed by atoms with Gasteiger partial charge in [-0.3, -0.25) is 4.98 Å². The number of hydrogen-bond acceptors (Lipinski definition) is 4. The molecule has 0 saturated carbocycles. The van der Waals surface area contributed by atoms with Crippen LogP contribution in [0.1, 0.15) is 5.56 Å². The first kappa shape index (κ1) is 13.6. The molecule has 1 aliphatic heterocycles. The predicted molar refractivity (Wildman–Crippen MR) is 79.1 cm³/mol. The molecule has 4 nitrogen and oxygen atoms in total. The summed E-state index contributed by atoms with van der Waals surface area (Å²) in [6.07, 6.45) is 3.49. The Bertz CT molecular complexity index is 628. The maximum Gasteiger partial charge on any atom is 0.174 e. The number of aromatic hydroxyl groups is 1. The third kappa shape index (κ3) is 2.24. The molecular weight excluding hydrogens is 323 g/mol. The third-order valence-electron chi connectivity index (χ3n) is 3.00. The highest BCUT2D eigenvalue weighted by molar-refractivity contribution is 6.46. The number of fused-ring (bicyclic) bond motifs is 1. The lowest BCUT2D eigenvalue weighted by Crippen LogP contribution is -2.23. The van der Waals surface area contributed by atoms with Gasteiger partial charge in [-0.05, 0) is 12.1 Å². The highest BCUT2D eigenvalue weighted by atomic mass is 35.5. The fraction of sp³-hybridized carbons (Fsp3) is 0.154. The van der Waals surface area contributed by atoms with Gasteiger partial charge in [0, 0.05) is 30.1 Å². The van der Waals surface area contributed by atoms with Crippen LogP contribution in [0.5, 0.6) is 11.5 Å². The Morgan fingerprint density at radius 2 is 1.85 bits per heavy atom. The summed E-state index contributed by atoms with van der Waals surface area (Å²) in [6.45, 7) is 0. The lowest BCUT2D eigenvalue weighted by atomic mass is 10.1. The molecule has 0 bridgehead atoms. The number of ether oxygens (including phenoxy) is 1. The van der Waals surface area contributed by atoms with Crippen molar-refractivity contribution in [3.63, 3.8) is 0 Å². The minimum Gasteiger partial charge on any atom is -0.505 e. The highest BCUT2D eigenvalue weighted by Crippen LogP contribution is 2.50. The molecule has 1 aromatic carbocycles. The summed E-state index contributed by atoms with van der Waals surface area (Å²) >= 11 is 18.0. The summed E-state index contributed by atoms with van der Waals surface area (Å²) in [4.78, 5) is 3.94. The molecule has 20 heavy (non-hydrogen) atoms. The summed E-state index contributed by atoms with van der Waals surface area (Å²) in [7, 11) is 0. The van der Waals surface area contributed by atoms with Crippen LogP contribution in [-0.2, 0) is 6.42 Å². The molecule has 0 radical (unpaired) electrons. The van der Waals surface area contributed by atoms with Gasteiger partial charge in [0.05, 0.1) is 5.02 Å². The molecule has 1 atom stereocenters. The van der Waals surface area contributed by atoms with Crippen LogP contribution in [0, 0.1) is 0 Å². The predicted octanol–water partition coefficient (Wildman–Crippen LogP) is 4.12. The van der Waals surface area contributed by atoms with E-state index in [0.29, 0.717) is 17.7 Å². The number of aromatic nitrogens is 1. The van der Waals surface area contributed by atoms with E-state index in [-0.39, 0.29) is 27.0 Å². The average molecular weight is 332 g/mol. The van der Waals surface area contributed by atoms with Crippen LogP contribution in [0.15, 0.2) is 24.5 Å². The van der Waals surface area contributed by atoms with Crippen molar-refractivity contribution >= 4 is 40.5 Å². The first-order valence-corrected chi connectivity index (χ1v) is 6.93. The number of hydrogen-bond donors (Lipinski definition) is 2. The molecule has 1 aliphatic rings. The Balaban J connectivity index is 1.89. The van der Waals surface area contributed by atoms with Crippen molar-refractivity contribution in [3.05, 3.63) is 45.2 Å². The van der Waals surface area contributed by atoms with Gasteiger partial charge in [0.15, 0.2) is 12.0 Å². The van der Waals surface area contributed by atoms with Crippen molar-refractivity contribution < 1.29 is 9.84 Å². The molecule has 0 fully saturated rings.